The lowest BCUT2D eigenvalue weighted by molar-refractivity contribution is 0.915. The van der Waals surface area contributed by atoms with Crippen LogP contribution in [0.4, 0.5) is 17.2 Å². The van der Waals surface area contributed by atoms with E-state index in [1.54, 1.807) is 6.20 Å². The maximum atomic E-state index is 5.84. The van der Waals surface area contributed by atoms with Gasteiger partial charge in [0.25, 0.3) is 0 Å². The van der Waals surface area contributed by atoms with Crippen molar-refractivity contribution in [1.82, 2.24) is 15.2 Å². The van der Waals surface area contributed by atoms with Gasteiger partial charge in [-0.3, -0.25) is 10.1 Å². The molecule has 0 bridgehead atoms. The van der Waals surface area contributed by atoms with Crippen LogP contribution in [0.15, 0.2) is 59.4 Å². The highest BCUT2D eigenvalue weighted by molar-refractivity contribution is 5.81. The number of hydrogen-bond donors (Lipinski definition) is 2. The number of benzene rings is 1. The Morgan fingerprint density at radius 2 is 2.18 bits per heavy atom. The third-order valence-electron chi connectivity index (χ3n) is 3.29. The summed E-state index contributed by atoms with van der Waals surface area (Å²) >= 11 is 0. The van der Waals surface area contributed by atoms with Crippen molar-refractivity contribution in [3.63, 3.8) is 0 Å². The highest BCUT2D eigenvalue weighted by Crippen LogP contribution is 2.28. The van der Waals surface area contributed by atoms with Crippen molar-refractivity contribution < 1.29 is 0 Å². The van der Waals surface area contributed by atoms with E-state index in [4.69, 9.17) is 5.73 Å². The van der Waals surface area contributed by atoms with Crippen LogP contribution >= 0.6 is 0 Å². The van der Waals surface area contributed by atoms with Crippen LogP contribution in [0.5, 0.6) is 0 Å². The number of azo groups is 1. The fraction of sp³-hybridized carbons (Fsp3) is 0.125. The number of nitrogens with zero attached hydrogens (tertiary/aromatic N) is 4. The Morgan fingerprint density at radius 1 is 1.27 bits per heavy atom. The number of allylic oxidation sites excluding steroid dienone is 1. The first kappa shape index (κ1) is 13.9. The predicted molar refractivity (Wildman–Crippen MR) is 87.4 cm³/mol. The average molecular weight is 292 g/mol. The van der Waals surface area contributed by atoms with Crippen LogP contribution in [0.3, 0.4) is 0 Å². The molecule has 0 saturated heterocycles. The lowest BCUT2D eigenvalue weighted by Gasteiger charge is -1.98. The predicted octanol–water partition coefficient (Wildman–Crippen LogP) is 4.07. The van der Waals surface area contributed by atoms with Crippen molar-refractivity contribution in [2.24, 2.45) is 10.2 Å². The van der Waals surface area contributed by atoms with Gasteiger partial charge in [-0.2, -0.15) is 10.2 Å². The molecule has 0 aliphatic rings. The van der Waals surface area contributed by atoms with E-state index in [1.165, 1.54) is 0 Å². The molecule has 0 spiro atoms. The Morgan fingerprint density at radius 3 is 3.05 bits per heavy atom. The summed E-state index contributed by atoms with van der Waals surface area (Å²) in [5.74, 6) is 0.352. The summed E-state index contributed by atoms with van der Waals surface area (Å²) in [5, 5.41) is 16.4. The third kappa shape index (κ3) is 2.85. The molecule has 22 heavy (non-hydrogen) atoms. The van der Waals surface area contributed by atoms with Crippen LogP contribution < -0.4 is 5.73 Å². The quantitative estimate of drug-likeness (QED) is 0.548. The van der Waals surface area contributed by atoms with Crippen LogP contribution in [0.25, 0.3) is 10.9 Å². The highest BCUT2D eigenvalue weighted by Gasteiger charge is 2.09. The SMILES string of the molecule is C=CCCc1[nH]nc(N)c1N=Nc1ccc2ncccc2c1. The molecule has 3 rings (SSSR count). The van der Waals surface area contributed by atoms with E-state index < -0.39 is 0 Å². The molecule has 1 aromatic carbocycles. The third-order valence-corrected chi connectivity index (χ3v) is 3.29. The minimum Gasteiger partial charge on any atom is -0.380 e. The molecule has 2 aromatic heterocycles. The van der Waals surface area contributed by atoms with Gasteiger partial charge in [0.05, 0.1) is 16.9 Å². The van der Waals surface area contributed by atoms with Crippen LogP contribution in [-0.2, 0) is 6.42 Å². The maximum absolute atomic E-state index is 5.84. The second-order valence-corrected chi connectivity index (χ2v) is 4.84. The lowest BCUT2D eigenvalue weighted by atomic mass is 10.2. The number of pyridine rings is 1. The molecule has 0 fully saturated rings. The summed E-state index contributed by atoms with van der Waals surface area (Å²) in [7, 11) is 0. The zero-order chi connectivity index (χ0) is 15.4. The fourth-order valence-electron chi connectivity index (χ4n) is 2.15. The summed E-state index contributed by atoms with van der Waals surface area (Å²) in [4.78, 5) is 4.28. The van der Waals surface area contributed by atoms with Crippen molar-refractivity contribution in [3.05, 3.63) is 54.9 Å². The Labute approximate surface area is 127 Å². The second kappa shape index (κ2) is 6.17. The highest BCUT2D eigenvalue weighted by atomic mass is 15.2. The van der Waals surface area contributed by atoms with Gasteiger partial charge in [0.15, 0.2) is 11.5 Å². The number of fused-ring (bicyclic) bond motifs is 1. The zero-order valence-electron chi connectivity index (χ0n) is 12.0. The summed E-state index contributed by atoms with van der Waals surface area (Å²) in [6.45, 7) is 3.71. The minimum absolute atomic E-state index is 0.352. The normalized spacial score (nSPS) is 11.3. The van der Waals surface area contributed by atoms with Gasteiger partial charge in [-0.1, -0.05) is 12.1 Å². The standard InChI is InChI=1S/C16H16N6/c1-2-3-6-14-15(16(17)22-20-14)21-19-12-7-8-13-11(10-12)5-4-9-18-13/h2,4-5,7-10H,1,3,6H2,(H3,17,20,22). The lowest BCUT2D eigenvalue weighted by Crippen LogP contribution is -1.84. The van der Waals surface area contributed by atoms with Gasteiger partial charge < -0.3 is 5.73 Å². The zero-order valence-corrected chi connectivity index (χ0v) is 12.0. The van der Waals surface area contributed by atoms with Crippen LogP contribution in [0.1, 0.15) is 12.1 Å². The van der Waals surface area contributed by atoms with Crippen molar-refractivity contribution in [1.29, 1.82) is 0 Å². The number of H-pyrrole nitrogens is 1. The summed E-state index contributed by atoms with van der Waals surface area (Å²) in [5.41, 5.74) is 8.96. The van der Waals surface area contributed by atoms with E-state index in [1.807, 2.05) is 36.4 Å². The van der Waals surface area contributed by atoms with Crippen molar-refractivity contribution >= 4 is 28.1 Å². The Kier molecular flexibility index (Phi) is 3.91. The molecule has 0 amide bonds. The number of rotatable bonds is 5. The monoisotopic (exact) mass is 292 g/mol. The maximum Gasteiger partial charge on any atom is 0.173 e. The number of nitrogens with one attached hydrogen (secondary N) is 1. The number of aryl methyl sites for hydroxylation is 1. The molecule has 6 heteroatoms. The van der Waals surface area contributed by atoms with Crippen molar-refractivity contribution in [2.45, 2.75) is 12.8 Å². The van der Waals surface area contributed by atoms with Crippen molar-refractivity contribution in [2.75, 3.05) is 5.73 Å². The second-order valence-electron chi connectivity index (χ2n) is 4.84. The van der Waals surface area contributed by atoms with Gasteiger partial charge in [0.2, 0.25) is 0 Å². The van der Waals surface area contributed by atoms with Gasteiger partial charge in [-0.25, -0.2) is 0 Å². The van der Waals surface area contributed by atoms with Crippen LogP contribution in [0, 0.1) is 0 Å². The van der Waals surface area contributed by atoms with Gasteiger partial charge in [0.1, 0.15) is 0 Å². The van der Waals surface area contributed by atoms with Crippen LogP contribution in [-0.4, -0.2) is 15.2 Å². The van der Waals surface area contributed by atoms with E-state index in [0.29, 0.717) is 11.5 Å². The molecule has 6 nitrogen and oxygen atoms in total. The van der Waals surface area contributed by atoms with E-state index >= 15 is 0 Å². The average Bonchev–Trinajstić information content (AvgIpc) is 2.90. The van der Waals surface area contributed by atoms with Gasteiger partial charge in [-0.15, -0.1) is 11.7 Å². The van der Waals surface area contributed by atoms with Crippen molar-refractivity contribution in [3.8, 4) is 0 Å². The molecule has 0 saturated carbocycles. The topological polar surface area (TPSA) is 92.3 Å². The Bertz CT molecular complexity index is 834. The molecule has 2 heterocycles. The first-order valence-electron chi connectivity index (χ1n) is 6.98. The summed E-state index contributed by atoms with van der Waals surface area (Å²) in [6, 6.07) is 9.61. The largest absolute Gasteiger partial charge is 0.380 e. The van der Waals surface area contributed by atoms with Gasteiger partial charge in [-0.05, 0) is 37.1 Å². The Balaban J connectivity index is 1.89. The number of aromatic nitrogens is 3. The molecule has 0 aliphatic heterocycles. The number of anilines is 1. The van der Waals surface area contributed by atoms with E-state index in [9.17, 15) is 0 Å². The smallest absolute Gasteiger partial charge is 0.173 e. The fourth-order valence-corrected chi connectivity index (χ4v) is 2.15. The number of aromatic amines is 1. The summed E-state index contributed by atoms with van der Waals surface area (Å²) < 4.78 is 0. The molecule has 110 valence electrons. The Hall–Kier alpha value is -3.02. The van der Waals surface area contributed by atoms with E-state index in [0.717, 1.165) is 35.1 Å². The molecule has 0 unspecified atom stereocenters. The number of hydrogen-bond acceptors (Lipinski definition) is 5. The first-order valence-corrected chi connectivity index (χ1v) is 6.98. The first-order chi connectivity index (χ1) is 10.8. The minimum atomic E-state index is 0.352. The molecule has 0 atom stereocenters. The molecule has 3 aromatic rings. The number of nitrogen functional groups attached to an aromatic ring is 1. The molecule has 3 N–H and O–H groups in total. The van der Waals surface area contributed by atoms with Gasteiger partial charge >= 0.3 is 0 Å². The molecular formula is C16H16N6. The van der Waals surface area contributed by atoms with Gasteiger partial charge in [0, 0.05) is 11.6 Å². The molecule has 0 aliphatic carbocycles. The van der Waals surface area contributed by atoms with E-state index in [2.05, 4.69) is 32.0 Å². The molecular weight excluding hydrogens is 276 g/mol. The summed E-state index contributed by atoms with van der Waals surface area (Å²) in [6.07, 6.45) is 5.19. The van der Waals surface area contributed by atoms with E-state index in [-0.39, 0.29) is 0 Å². The molecule has 0 radical (unpaired) electrons. The van der Waals surface area contributed by atoms with Crippen LogP contribution in [0.2, 0.25) is 0 Å². The number of nitrogens with two attached hydrogens (primary N) is 1.